The van der Waals surface area contributed by atoms with Crippen molar-refractivity contribution in [1.29, 1.82) is 0 Å². The predicted octanol–water partition coefficient (Wildman–Crippen LogP) is 3.23. The molecule has 0 spiro atoms. The molecular weight excluding hydrogens is 346 g/mol. The van der Waals surface area contributed by atoms with Crippen LogP contribution in [-0.2, 0) is 9.59 Å². The fourth-order valence-corrected chi connectivity index (χ4v) is 2.11. The van der Waals surface area contributed by atoms with Gasteiger partial charge in [-0.05, 0) is 55.3 Å². The molecule has 0 aliphatic carbocycles. The molecule has 0 aliphatic rings. The van der Waals surface area contributed by atoms with Crippen LogP contribution in [-0.4, -0.2) is 11.8 Å². The minimum atomic E-state index is -0.766. The normalized spacial score (nSPS) is 10.1. The predicted molar refractivity (Wildman–Crippen MR) is 91.7 cm³/mol. The van der Waals surface area contributed by atoms with Crippen LogP contribution in [0.25, 0.3) is 0 Å². The Kier molecular flexibility index (Phi) is 4.82. The van der Waals surface area contributed by atoms with Crippen molar-refractivity contribution in [2.24, 2.45) is 0 Å². The summed E-state index contributed by atoms with van der Waals surface area (Å²) in [5, 5.41) is 5.06. The lowest BCUT2D eigenvalue weighted by atomic mass is 10.2. The van der Waals surface area contributed by atoms with Gasteiger partial charge in [0.1, 0.15) is 0 Å². The lowest BCUT2D eigenvalue weighted by Gasteiger charge is -2.10. The number of nitrogens with one attached hydrogen (secondary N) is 2. The Morgan fingerprint density at radius 2 is 1.68 bits per heavy atom. The van der Waals surface area contributed by atoms with Gasteiger partial charge in [-0.25, -0.2) is 0 Å². The highest BCUT2D eigenvalue weighted by molar-refractivity contribution is 9.10. The van der Waals surface area contributed by atoms with Crippen LogP contribution in [0, 0.1) is 13.8 Å². The van der Waals surface area contributed by atoms with Crippen LogP contribution in [0.1, 0.15) is 11.1 Å². The van der Waals surface area contributed by atoms with Crippen molar-refractivity contribution >= 4 is 44.8 Å². The summed E-state index contributed by atoms with van der Waals surface area (Å²) in [6.07, 6.45) is 0. The van der Waals surface area contributed by atoms with Crippen LogP contribution in [0.5, 0.6) is 0 Å². The molecule has 0 saturated carbocycles. The number of carbonyl (C=O) groups excluding carboxylic acids is 2. The van der Waals surface area contributed by atoms with Gasteiger partial charge in [0, 0.05) is 10.2 Å². The van der Waals surface area contributed by atoms with Gasteiger partial charge < -0.3 is 16.4 Å². The molecule has 6 heteroatoms. The minimum Gasteiger partial charge on any atom is -0.397 e. The third-order valence-electron chi connectivity index (χ3n) is 3.08. The van der Waals surface area contributed by atoms with Gasteiger partial charge in [0.05, 0.1) is 11.4 Å². The van der Waals surface area contributed by atoms with Crippen molar-refractivity contribution in [3.63, 3.8) is 0 Å². The van der Waals surface area contributed by atoms with Gasteiger partial charge in [-0.1, -0.05) is 22.0 Å². The van der Waals surface area contributed by atoms with Gasteiger partial charge in [0.25, 0.3) is 0 Å². The van der Waals surface area contributed by atoms with Gasteiger partial charge in [-0.2, -0.15) is 0 Å². The number of carbonyl (C=O) groups is 2. The van der Waals surface area contributed by atoms with E-state index in [9.17, 15) is 9.59 Å². The molecule has 0 bridgehead atoms. The number of aryl methyl sites for hydroxylation is 2. The molecule has 114 valence electrons. The fourth-order valence-electron chi connectivity index (χ4n) is 1.87. The van der Waals surface area contributed by atoms with Crippen LogP contribution in [0.15, 0.2) is 40.9 Å². The zero-order valence-electron chi connectivity index (χ0n) is 12.2. The van der Waals surface area contributed by atoms with Crippen molar-refractivity contribution in [1.82, 2.24) is 0 Å². The van der Waals surface area contributed by atoms with E-state index in [-0.39, 0.29) is 0 Å². The number of hydrogen-bond donors (Lipinski definition) is 3. The van der Waals surface area contributed by atoms with Gasteiger partial charge in [-0.3, -0.25) is 9.59 Å². The smallest absolute Gasteiger partial charge is 0.314 e. The zero-order valence-corrected chi connectivity index (χ0v) is 13.8. The third-order valence-corrected chi connectivity index (χ3v) is 3.97. The van der Waals surface area contributed by atoms with Crippen molar-refractivity contribution in [2.75, 3.05) is 16.4 Å². The maximum atomic E-state index is 11.9. The maximum Gasteiger partial charge on any atom is 0.314 e. The van der Waals surface area contributed by atoms with E-state index >= 15 is 0 Å². The Bertz CT molecular complexity index is 744. The first-order valence-corrected chi connectivity index (χ1v) is 7.40. The lowest BCUT2D eigenvalue weighted by molar-refractivity contribution is -0.132. The van der Waals surface area contributed by atoms with E-state index in [4.69, 9.17) is 5.73 Å². The summed E-state index contributed by atoms with van der Waals surface area (Å²) in [6, 6.07) is 10.5. The second kappa shape index (κ2) is 6.62. The van der Waals surface area contributed by atoms with Gasteiger partial charge in [0.15, 0.2) is 0 Å². The first kappa shape index (κ1) is 16.0. The molecule has 0 aromatic heterocycles. The number of nitrogen functional groups attached to an aromatic ring is 1. The summed E-state index contributed by atoms with van der Waals surface area (Å²) in [5.74, 6) is -1.51. The molecule has 2 rings (SSSR count). The first-order valence-electron chi connectivity index (χ1n) is 6.61. The number of rotatable bonds is 2. The Balaban J connectivity index is 2.07. The number of amides is 2. The fraction of sp³-hybridized carbons (Fsp3) is 0.125. The van der Waals surface area contributed by atoms with E-state index in [0.29, 0.717) is 17.1 Å². The van der Waals surface area contributed by atoms with E-state index in [1.807, 2.05) is 19.9 Å². The van der Waals surface area contributed by atoms with Crippen molar-refractivity contribution in [3.05, 3.63) is 52.0 Å². The van der Waals surface area contributed by atoms with Crippen molar-refractivity contribution in [3.8, 4) is 0 Å². The molecule has 2 aromatic rings. The minimum absolute atomic E-state index is 0.409. The summed E-state index contributed by atoms with van der Waals surface area (Å²) in [6.45, 7) is 3.77. The quantitative estimate of drug-likeness (QED) is 0.567. The molecule has 0 aliphatic heterocycles. The Labute approximate surface area is 137 Å². The van der Waals surface area contributed by atoms with Crippen molar-refractivity contribution in [2.45, 2.75) is 13.8 Å². The van der Waals surface area contributed by atoms with Crippen LogP contribution in [0.2, 0.25) is 0 Å². The molecule has 2 aromatic carbocycles. The summed E-state index contributed by atoms with van der Waals surface area (Å²) in [4.78, 5) is 23.9. The molecule has 0 atom stereocenters. The van der Waals surface area contributed by atoms with Crippen LogP contribution in [0.4, 0.5) is 17.1 Å². The number of nitrogens with two attached hydrogens (primary N) is 1. The molecular formula is C16H16BrN3O2. The van der Waals surface area contributed by atoms with Crippen molar-refractivity contribution < 1.29 is 9.59 Å². The average molecular weight is 362 g/mol. The molecule has 0 unspecified atom stereocenters. The third kappa shape index (κ3) is 3.85. The summed E-state index contributed by atoms with van der Waals surface area (Å²) < 4.78 is 0.933. The zero-order chi connectivity index (χ0) is 16.3. The summed E-state index contributed by atoms with van der Waals surface area (Å²) in [5.41, 5.74) is 9.06. The van der Waals surface area contributed by atoms with Gasteiger partial charge >= 0.3 is 11.8 Å². The summed E-state index contributed by atoms with van der Waals surface area (Å²) in [7, 11) is 0. The highest BCUT2D eigenvalue weighted by Gasteiger charge is 2.15. The Morgan fingerprint density at radius 3 is 2.36 bits per heavy atom. The van der Waals surface area contributed by atoms with Crippen LogP contribution in [0.3, 0.4) is 0 Å². The highest BCUT2D eigenvalue weighted by Crippen LogP contribution is 2.21. The molecule has 5 nitrogen and oxygen atoms in total. The Hall–Kier alpha value is -2.34. The van der Waals surface area contributed by atoms with Crippen LogP contribution >= 0.6 is 15.9 Å². The second-order valence-corrected chi connectivity index (χ2v) is 5.82. The Morgan fingerprint density at radius 1 is 1.00 bits per heavy atom. The summed E-state index contributed by atoms with van der Waals surface area (Å²) >= 11 is 3.38. The number of anilines is 3. The maximum absolute atomic E-state index is 11.9. The molecule has 4 N–H and O–H groups in total. The number of halogens is 1. The van der Waals surface area contributed by atoms with E-state index < -0.39 is 11.8 Å². The van der Waals surface area contributed by atoms with E-state index in [2.05, 4.69) is 26.6 Å². The van der Waals surface area contributed by atoms with Gasteiger partial charge in [0.2, 0.25) is 0 Å². The SMILES string of the molecule is Cc1ccc(N)c(NC(=O)C(=O)Nc2ccc(Br)c(C)c2)c1. The first-order chi connectivity index (χ1) is 10.4. The van der Waals surface area contributed by atoms with E-state index in [1.165, 1.54) is 0 Å². The molecule has 22 heavy (non-hydrogen) atoms. The van der Waals surface area contributed by atoms with E-state index in [1.54, 1.807) is 30.3 Å². The molecule has 0 radical (unpaired) electrons. The van der Waals surface area contributed by atoms with E-state index in [0.717, 1.165) is 15.6 Å². The standard InChI is InChI=1S/C16H16BrN3O2/c1-9-3-6-13(18)14(7-9)20-16(22)15(21)19-11-4-5-12(17)10(2)8-11/h3-8H,18H2,1-2H3,(H,19,21)(H,20,22). The average Bonchev–Trinajstić information content (AvgIpc) is 2.46. The van der Waals surface area contributed by atoms with Gasteiger partial charge in [-0.15, -0.1) is 0 Å². The number of benzene rings is 2. The lowest BCUT2D eigenvalue weighted by Crippen LogP contribution is -2.29. The highest BCUT2D eigenvalue weighted by atomic mass is 79.9. The largest absolute Gasteiger partial charge is 0.397 e. The van der Waals surface area contributed by atoms with Crippen LogP contribution < -0.4 is 16.4 Å². The molecule has 0 heterocycles. The molecule has 2 amide bonds. The second-order valence-electron chi connectivity index (χ2n) is 4.96. The molecule has 0 saturated heterocycles. The molecule has 0 fully saturated rings. The topological polar surface area (TPSA) is 84.2 Å². The number of hydrogen-bond acceptors (Lipinski definition) is 3. The monoisotopic (exact) mass is 361 g/mol.